The van der Waals surface area contributed by atoms with Crippen molar-refractivity contribution in [3.8, 4) is 0 Å². The molecule has 32 heavy (non-hydrogen) atoms. The molecule has 2 heterocycles. The molecule has 0 aliphatic rings. The number of nitrogens with zero attached hydrogens (tertiary/aromatic N) is 4. The largest absolute Gasteiger partial charge is 0.367 e. The van der Waals surface area contributed by atoms with E-state index >= 15 is 0 Å². The van der Waals surface area contributed by atoms with Gasteiger partial charge in [0.15, 0.2) is 10.8 Å². The SMILES string of the molecule is CCCSc1nc(NC(C)C)c2cnn(CCNC(=O)c3ccc4ccccc4c3)c2n1. The smallest absolute Gasteiger partial charge is 0.251 e. The van der Waals surface area contributed by atoms with Gasteiger partial charge in [-0.25, -0.2) is 14.6 Å². The molecule has 7 nitrogen and oxygen atoms in total. The van der Waals surface area contributed by atoms with E-state index in [4.69, 9.17) is 4.98 Å². The second-order valence-corrected chi connectivity index (χ2v) is 8.99. The van der Waals surface area contributed by atoms with E-state index in [0.717, 1.165) is 45.0 Å². The number of rotatable bonds is 9. The van der Waals surface area contributed by atoms with Crippen LogP contribution in [0, 0.1) is 0 Å². The molecule has 4 rings (SSSR count). The van der Waals surface area contributed by atoms with Crippen molar-refractivity contribution in [1.29, 1.82) is 0 Å². The first-order chi connectivity index (χ1) is 15.5. The van der Waals surface area contributed by atoms with Gasteiger partial charge in [0, 0.05) is 23.9 Å². The Morgan fingerprint density at radius 3 is 2.72 bits per heavy atom. The lowest BCUT2D eigenvalue weighted by molar-refractivity contribution is 0.0952. The zero-order chi connectivity index (χ0) is 22.5. The molecule has 2 N–H and O–H groups in total. The average Bonchev–Trinajstić information content (AvgIpc) is 3.20. The molecule has 0 bridgehead atoms. The number of hydrogen-bond acceptors (Lipinski definition) is 6. The number of thioether (sulfide) groups is 1. The van der Waals surface area contributed by atoms with Gasteiger partial charge in [-0.15, -0.1) is 0 Å². The third-order valence-corrected chi connectivity index (χ3v) is 6.01. The van der Waals surface area contributed by atoms with Gasteiger partial charge in [0.2, 0.25) is 0 Å². The third-order valence-electron chi connectivity index (χ3n) is 4.96. The van der Waals surface area contributed by atoms with E-state index in [1.807, 2.05) is 47.1 Å². The second kappa shape index (κ2) is 9.99. The van der Waals surface area contributed by atoms with Gasteiger partial charge in [0.1, 0.15) is 5.82 Å². The minimum atomic E-state index is -0.0943. The molecular formula is C24H28N6OS. The predicted molar refractivity (Wildman–Crippen MR) is 131 cm³/mol. The molecule has 0 spiro atoms. The summed E-state index contributed by atoms with van der Waals surface area (Å²) in [5, 5.41) is 14.7. The predicted octanol–water partition coefficient (Wildman–Crippen LogP) is 4.73. The molecule has 0 aliphatic heterocycles. The minimum absolute atomic E-state index is 0.0943. The fourth-order valence-electron chi connectivity index (χ4n) is 3.45. The maximum Gasteiger partial charge on any atom is 0.251 e. The third kappa shape index (κ3) is 5.02. The lowest BCUT2D eigenvalue weighted by Crippen LogP contribution is -2.27. The van der Waals surface area contributed by atoms with Crippen LogP contribution in [-0.4, -0.2) is 44.0 Å². The first kappa shape index (κ1) is 22.1. The van der Waals surface area contributed by atoms with Crippen molar-refractivity contribution in [2.45, 2.75) is 44.9 Å². The Bertz CT molecular complexity index is 1240. The van der Waals surface area contributed by atoms with Crippen LogP contribution in [0.15, 0.2) is 53.8 Å². The molecule has 0 atom stereocenters. The van der Waals surface area contributed by atoms with E-state index in [-0.39, 0.29) is 11.9 Å². The van der Waals surface area contributed by atoms with Crippen LogP contribution in [0.3, 0.4) is 0 Å². The molecular weight excluding hydrogens is 420 g/mol. The van der Waals surface area contributed by atoms with Crippen molar-refractivity contribution in [2.75, 3.05) is 17.6 Å². The number of benzene rings is 2. The van der Waals surface area contributed by atoms with Crippen LogP contribution in [0.1, 0.15) is 37.6 Å². The Labute approximate surface area is 192 Å². The molecule has 2 aromatic carbocycles. The van der Waals surface area contributed by atoms with Gasteiger partial charge in [0.05, 0.1) is 18.1 Å². The molecule has 166 valence electrons. The van der Waals surface area contributed by atoms with Gasteiger partial charge in [-0.3, -0.25) is 4.79 Å². The summed E-state index contributed by atoms with van der Waals surface area (Å²) >= 11 is 1.64. The number of aromatic nitrogens is 4. The molecule has 0 saturated heterocycles. The van der Waals surface area contributed by atoms with Crippen LogP contribution < -0.4 is 10.6 Å². The molecule has 0 saturated carbocycles. The fraction of sp³-hybridized carbons (Fsp3) is 0.333. The van der Waals surface area contributed by atoms with Crippen LogP contribution in [0.25, 0.3) is 21.8 Å². The summed E-state index contributed by atoms with van der Waals surface area (Å²) in [6.07, 6.45) is 2.85. The number of anilines is 1. The number of amides is 1. The molecule has 0 fully saturated rings. The summed E-state index contributed by atoms with van der Waals surface area (Å²) in [7, 11) is 0. The maximum absolute atomic E-state index is 12.6. The Morgan fingerprint density at radius 1 is 1.12 bits per heavy atom. The van der Waals surface area contributed by atoms with Crippen LogP contribution in [-0.2, 0) is 6.54 Å². The van der Waals surface area contributed by atoms with Crippen molar-refractivity contribution in [2.24, 2.45) is 0 Å². The second-order valence-electron chi connectivity index (χ2n) is 7.93. The zero-order valence-electron chi connectivity index (χ0n) is 18.6. The van der Waals surface area contributed by atoms with E-state index < -0.39 is 0 Å². The molecule has 2 aromatic heterocycles. The monoisotopic (exact) mass is 448 g/mol. The first-order valence-corrected chi connectivity index (χ1v) is 11.9. The topological polar surface area (TPSA) is 84.7 Å². The quantitative estimate of drug-likeness (QED) is 0.284. The van der Waals surface area contributed by atoms with Gasteiger partial charge in [-0.1, -0.05) is 49.0 Å². The van der Waals surface area contributed by atoms with E-state index in [0.29, 0.717) is 18.7 Å². The lowest BCUT2D eigenvalue weighted by Gasteiger charge is -2.12. The molecule has 0 aliphatic carbocycles. The molecule has 4 aromatic rings. The summed E-state index contributed by atoms with van der Waals surface area (Å²) < 4.78 is 1.83. The molecule has 0 radical (unpaired) electrons. The van der Waals surface area contributed by atoms with Crippen molar-refractivity contribution in [3.05, 3.63) is 54.2 Å². The first-order valence-electron chi connectivity index (χ1n) is 10.9. The standard InChI is InChI=1S/C24H28N6OS/c1-4-13-32-24-28-21(27-16(2)3)20-15-26-30(22(20)29-24)12-11-25-23(31)19-10-9-17-7-5-6-8-18(17)14-19/h5-10,14-16H,4,11-13H2,1-3H3,(H,25,31)(H,27,28,29). The van der Waals surface area contributed by atoms with Crippen molar-refractivity contribution >= 4 is 45.3 Å². The van der Waals surface area contributed by atoms with Crippen LogP contribution in [0.2, 0.25) is 0 Å². The number of carbonyl (C=O) groups excluding carboxylic acids is 1. The molecule has 1 amide bonds. The summed E-state index contributed by atoms with van der Waals surface area (Å²) in [4.78, 5) is 22.1. The highest BCUT2D eigenvalue weighted by atomic mass is 32.2. The Balaban J connectivity index is 1.48. The summed E-state index contributed by atoms with van der Waals surface area (Å²) in [5.74, 6) is 1.67. The summed E-state index contributed by atoms with van der Waals surface area (Å²) in [6, 6.07) is 14.0. The van der Waals surface area contributed by atoms with Crippen molar-refractivity contribution in [3.63, 3.8) is 0 Å². The Hall–Kier alpha value is -3.13. The molecule has 0 unspecified atom stereocenters. The highest BCUT2D eigenvalue weighted by molar-refractivity contribution is 7.99. The lowest BCUT2D eigenvalue weighted by atomic mass is 10.1. The van der Waals surface area contributed by atoms with E-state index in [1.54, 1.807) is 18.0 Å². The highest BCUT2D eigenvalue weighted by Crippen LogP contribution is 2.25. The van der Waals surface area contributed by atoms with Crippen molar-refractivity contribution < 1.29 is 4.79 Å². The minimum Gasteiger partial charge on any atom is -0.367 e. The van der Waals surface area contributed by atoms with E-state index in [1.165, 1.54) is 0 Å². The van der Waals surface area contributed by atoms with Crippen molar-refractivity contribution in [1.82, 2.24) is 25.1 Å². The van der Waals surface area contributed by atoms with Crippen LogP contribution in [0.5, 0.6) is 0 Å². The number of hydrogen-bond donors (Lipinski definition) is 2. The fourth-order valence-corrected chi connectivity index (χ4v) is 4.14. The Kier molecular flexibility index (Phi) is 6.90. The van der Waals surface area contributed by atoms with Gasteiger partial charge in [0.25, 0.3) is 5.91 Å². The normalized spacial score (nSPS) is 11.4. The van der Waals surface area contributed by atoms with Crippen LogP contribution >= 0.6 is 11.8 Å². The average molecular weight is 449 g/mol. The van der Waals surface area contributed by atoms with Gasteiger partial charge in [-0.05, 0) is 43.2 Å². The maximum atomic E-state index is 12.6. The van der Waals surface area contributed by atoms with Gasteiger partial charge < -0.3 is 10.6 Å². The number of nitrogens with one attached hydrogen (secondary N) is 2. The van der Waals surface area contributed by atoms with E-state index in [9.17, 15) is 4.79 Å². The zero-order valence-corrected chi connectivity index (χ0v) is 19.4. The summed E-state index contributed by atoms with van der Waals surface area (Å²) in [6.45, 7) is 7.29. The van der Waals surface area contributed by atoms with E-state index in [2.05, 4.69) is 41.5 Å². The van der Waals surface area contributed by atoms with Gasteiger partial charge in [-0.2, -0.15) is 5.10 Å². The molecule has 8 heteroatoms. The summed E-state index contributed by atoms with van der Waals surface area (Å²) in [5.41, 5.74) is 1.43. The van der Waals surface area contributed by atoms with Crippen LogP contribution in [0.4, 0.5) is 5.82 Å². The number of fused-ring (bicyclic) bond motifs is 2. The van der Waals surface area contributed by atoms with Gasteiger partial charge >= 0.3 is 0 Å². The Morgan fingerprint density at radius 2 is 1.94 bits per heavy atom. The number of carbonyl (C=O) groups is 1. The highest BCUT2D eigenvalue weighted by Gasteiger charge is 2.14.